The van der Waals surface area contributed by atoms with Gasteiger partial charge in [0.2, 0.25) is 0 Å². The summed E-state index contributed by atoms with van der Waals surface area (Å²) in [7, 11) is 1.59. The van der Waals surface area contributed by atoms with Crippen LogP contribution in [0.1, 0.15) is 11.1 Å². The first kappa shape index (κ1) is 14.8. The third kappa shape index (κ3) is 3.21. The van der Waals surface area contributed by atoms with Crippen molar-refractivity contribution in [1.82, 2.24) is 5.32 Å². The number of nitrogens with one attached hydrogen (secondary N) is 1. The summed E-state index contributed by atoms with van der Waals surface area (Å²) >= 11 is 0. The number of hydrogen-bond donors (Lipinski definition) is 1. The highest BCUT2D eigenvalue weighted by molar-refractivity contribution is 6.28. The minimum atomic E-state index is -0.381. The van der Waals surface area contributed by atoms with E-state index in [0.29, 0.717) is 11.1 Å². The van der Waals surface area contributed by atoms with Crippen LogP contribution in [0.15, 0.2) is 65.7 Å². The van der Waals surface area contributed by atoms with Crippen LogP contribution in [-0.4, -0.2) is 18.9 Å². The zero-order chi connectivity index (χ0) is 16.2. The van der Waals surface area contributed by atoms with Gasteiger partial charge in [0, 0.05) is 0 Å². The monoisotopic (exact) mass is 305 g/mol. The number of methoxy groups -OCH3 is 1. The molecular weight excluding hydrogens is 290 g/mol. The number of rotatable bonds is 3. The van der Waals surface area contributed by atoms with Gasteiger partial charge in [-0.3, -0.25) is 14.9 Å². The first-order valence-corrected chi connectivity index (χ1v) is 7.16. The third-order valence-corrected chi connectivity index (χ3v) is 3.54. The molecule has 3 rings (SSSR count). The van der Waals surface area contributed by atoms with Crippen molar-refractivity contribution in [2.45, 2.75) is 0 Å². The van der Waals surface area contributed by atoms with E-state index in [-0.39, 0.29) is 11.8 Å². The average Bonchev–Trinajstić information content (AvgIpc) is 2.83. The molecule has 1 heterocycles. The van der Waals surface area contributed by atoms with Gasteiger partial charge in [0.1, 0.15) is 5.75 Å². The predicted octanol–water partition coefficient (Wildman–Crippen LogP) is 2.82. The standard InChI is InChI=1S/C19H15NO3/c1-23-15-9-7-14(8-10-15)12-17-16(18(21)20-19(17)22)11-13-5-3-2-4-6-13/h2-12H,1H3,(H,20,21,22)/b16-11+,17-12+. The summed E-state index contributed by atoms with van der Waals surface area (Å²) in [6.07, 6.45) is 3.42. The summed E-state index contributed by atoms with van der Waals surface area (Å²) in [6, 6.07) is 16.7. The Labute approximate surface area is 134 Å². The lowest BCUT2D eigenvalue weighted by Crippen LogP contribution is -2.19. The fraction of sp³-hybridized carbons (Fsp3) is 0.0526. The van der Waals surface area contributed by atoms with E-state index in [1.165, 1.54) is 0 Å². The lowest BCUT2D eigenvalue weighted by molar-refractivity contribution is -0.123. The van der Waals surface area contributed by atoms with Crippen LogP contribution in [0.4, 0.5) is 0 Å². The molecule has 2 aromatic carbocycles. The summed E-state index contributed by atoms with van der Waals surface area (Å²) in [5.41, 5.74) is 2.43. The maximum atomic E-state index is 12.0. The Kier molecular flexibility index (Phi) is 4.06. The van der Waals surface area contributed by atoms with Gasteiger partial charge in [-0.25, -0.2) is 0 Å². The molecule has 1 N–H and O–H groups in total. The second-order valence-electron chi connectivity index (χ2n) is 5.08. The van der Waals surface area contributed by atoms with E-state index in [0.717, 1.165) is 16.9 Å². The molecule has 114 valence electrons. The van der Waals surface area contributed by atoms with Gasteiger partial charge in [0.05, 0.1) is 18.3 Å². The van der Waals surface area contributed by atoms with Crippen molar-refractivity contribution < 1.29 is 14.3 Å². The van der Waals surface area contributed by atoms with Crippen molar-refractivity contribution in [3.05, 3.63) is 76.9 Å². The Bertz CT molecular complexity index is 802. The highest BCUT2D eigenvalue weighted by Gasteiger charge is 2.30. The number of ether oxygens (including phenoxy) is 1. The molecule has 0 radical (unpaired) electrons. The number of carbonyl (C=O) groups excluding carboxylic acids is 2. The van der Waals surface area contributed by atoms with Crippen molar-refractivity contribution in [2.24, 2.45) is 0 Å². The topological polar surface area (TPSA) is 55.4 Å². The zero-order valence-corrected chi connectivity index (χ0v) is 12.6. The van der Waals surface area contributed by atoms with Crippen LogP contribution in [0.2, 0.25) is 0 Å². The van der Waals surface area contributed by atoms with Gasteiger partial charge < -0.3 is 4.74 Å². The van der Waals surface area contributed by atoms with Crippen LogP contribution in [0.5, 0.6) is 5.75 Å². The quantitative estimate of drug-likeness (QED) is 0.701. The molecule has 0 aromatic heterocycles. The number of imide groups is 1. The smallest absolute Gasteiger partial charge is 0.258 e. The summed E-state index contributed by atoms with van der Waals surface area (Å²) in [5.74, 6) is -0.0224. The molecule has 0 unspecified atom stereocenters. The minimum Gasteiger partial charge on any atom is -0.497 e. The minimum absolute atomic E-state index is 0.365. The van der Waals surface area contributed by atoms with Crippen LogP contribution in [0.25, 0.3) is 12.2 Å². The van der Waals surface area contributed by atoms with Crippen molar-refractivity contribution in [3.8, 4) is 5.75 Å². The molecule has 0 saturated carbocycles. The highest BCUT2D eigenvalue weighted by Crippen LogP contribution is 2.24. The van der Waals surface area contributed by atoms with Gasteiger partial charge in [0.15, 0.2) is 0 Å². The third-order valence-electron chi connectivity index (χ3n) is 3.54. The van der Waals surface area contributed by atoms with Crippen molar-refractivity contribution >= 4 is 24.0 Å². The lowest BCUT2D eigenvalue weighted by atomic mass is 10.0. The Balaban J connectivity index is 2.00. The number of hydrogen-bond acceptors (Lipinski definition) is 3. The number of amides is 2. The van der Waals surface area contributed by atoms with Crippen molar-refractivity contribution in [3.63, 3.8) is 0 Å². The van der Waals surface area contributed by atoms with Gasteiger partial charge in [-0.15, -0.1) is 0 Å². The molecule has 0 aliphatic carbocycles. The van der Waals surface area contributed by atoms with Gasteiger partial charge in [-0.2, -0.15) is 0 Å². The predicted molar refractivity (Wildman–Crippen MR) is 88.5 cm³/mol. The Hall–Kier alpha value is -3.14. The van der Waals surface area contributed by atoms with Crippen molar-refractivity contribution in [2.75, 3.05) is 7.11 Å². The summed E-state index contributed by atoms with van der Waals surface area (Å²) in [5, 5.41) is 2.34. The lowest BCUT2D eigenvalue weighted by Gasteiger charge is -2.01. The van der Waals surface area contributed by atoms with Crippen LogP contribution < -0.4 is 10.1 Å². The molecule has 23 heavy (non-hydrogen) atoms. The number of benzene rings is 2. The molecule has 1 saturated heterocycles. The molecule has 0 atom stereocenters. The van der Waals surface area contributed by atoms with Gasteiger partial charge in [0.25, 0.3) is 11.8 Å². The molecule has 0 spiro atoms. The molecule has 1 aliphatic heterocycles. The fourth-order valence-corrected chi connectivity index (χ4v) is 2.35. The van der Waals surface area contributed by atoms with Gasteiger partial charge >= 0.3 is 0 Å². The van der Waals surface area contributed by atoms with Crippen molar-refractivity contribution in [1.29, 1.82) is 0 Å². The zero-order valence-electron chi connectivity index (χ0n) is 12.6. The highest BCUT2D eigenvalue weighted by atomic mass is 16.5. The molecule has 2 amide bonds. The maximum Gasteiger partial charge on any atom is 0.258 e. The van der Waals surface area contributed by atoms with E-state index in [1.807, 2.05) is 54.6 Å². The van der Waals surface area contributed by atoms with E-state index >= 15 is 0 Å². The molecule has 2 aromatic rings. The molecule has 1 aliphatic rings. The number of carbonyl (C=O) groups is 2. The van der Waals surface area contributed by atoms with E-state index < -0.39 is 0 Å². The van der Waals surface area contributed by atoms with Crippen LogP contribution in [-0.2, 0) is 9.59 Å². The molecule has 1 fully saturated rings. The Morgan fingerprint density at radius 3 is 1.83 bits per heavy atom. The Morgan fingerprint density at radius 2 is 1.30 bits per heavy atom. The molecule has 0 bridgehead atoms. The second-order valence-corrected chi connectivity index (χ2v) is 5.08. The summed E-state index contributed by atoms with van der Waals surface area (Å²) < 4.78 is 5.11. The van der Waals surface area contributed by atoms with Gasteiger partial charge in [-0.1, -0.05) is 42.5 Å². The van der Waals surface area contributed by atoms with E-state index in [1.54, 1.807) is 19.3 Å². The molecule has 4 nitrogen and oxygen atoms in total. The first-order chi connectivity index (χ1) is 11.2. The van der Waals surface area contributed by atoms with Crippen LogP contribution >= 0.6 is 0 Å². The fourth-order valence-electron chi connectivity index (χ4n) is 2.35. The summed E-state index contributed by atoms with van der Waals surface area (Å²) in [4.78, 5) is 24.1. The largest absolute Gasteiger partial charge is 0.497 e. The SMILES string of the molecule is COc1ccc(/C=C2/C(=O)NC(=O)/C2=C/c2ccccc2)cc1. The first-order valence-electron chi connectivity index (χ1n) is 7.16. The average molecular weight is 305 g/mol. The second kappa shape index (κ2) is 6.32. The van der Waals surface area contributed by atoms with Crippen LogP contribution in [0.3, 0.4) is 0 Å². The van der Waals surface area contributed by atoms with Gasteiger partial charge in [-0.05, 0) is 35.4 Å². The molecule has 4 heteroatoms. The van der Waals surface area contributed by atoms with E-state index in [9.17, 15) is 9.59 Å². The normalized spacial score (nSPS) is 17.6. The van der Waals surface area contributed by atoms with Crippen LogP contribution in [0, 0.1) is 0 Å². The maximum absolute atomic E-state index is 12.0. The van der Waals surface area contributed by atoms with E-state index in [2.05, 4.69) is 5.32 Å². The summed E-state index contributed by atoms with van der Waals surface area (Å²) in [6.45, 7) is 0. The van der Waals surface area contributed by atoms with E-state index in [4.69, 9.17) is 4.74 Å². The molecular formula is C19H15NO3. The Morgan fingerprint density at radius 1 is 0.783 bits per heavy atom.